The molecule has 0 fully saturated rings. The summed E-state index contributed by atoms with van der Waals surface area (Å²) >= 11 is 9.56. The molecule has 0 saturated heterocycles. The van der Waals surface area contributed by atoms with Gasteiger partial charge in [-0.25, -0.2) is 4.79 Å². The first-order valence-electron chi connectivity index (χ1n) is 1.15. The Morgan fingerprint density at radius 1 is 1.57 bits per heavy atom. The van der Waals surface area contributed by atoms with E-state index in [0.717, 1.165) is 0 Å². The van der Waals surface area contributed by atoms with Crippen molar-refractivity contribution in [3.05, 3.63) is 0 Å². The van der Waals surface area contributed by atoms with E-state index in [4.69, 9.17) is 28.3 Å². The molecule has 0 unspecified atom stereocenters. The Hall–Kier alpha value is 0.582. The Bertz CT molecular complexity index is 64.7. The molecule has 0 aliphatic carbocycles. The van der Waals surface area contributed by atoms with Gasteiger partial charge in [-0.05, 0) is 0 Å². The number of aliphatic carboxylic acids is 1. The zero-order chi connectivity index (χ0) is 5.15. The Balaban J connectivity index is 0. The van der Waals surface area contributed by atoms with Crippen molar-refractivity contribution in [2.24, 2.45) is 0 Å². The Morgan fingerprint density at radius 2 is 1.71 bits per heavy atom. The number of rotatable bonds is 1. The summed E-state index contributed by atoms with van der Waals surface area (Å²) in [5.74, 6) is -1.21. The number of alkyl halides is 2. The van der Waals surface area contributed by atoms with Crippen LogP contribution in [0.1, 0.15) is 0 Å². The van der Waals surface area contributed by atoms with Gasteiger partial charge in [0.1, 0.15) is 0 Å². The van der Waals surface area contributed by atoms with Crippen molar-refractivity contribution >= 4 is 46.5 Å². The van der Waals surface area contributed by atoms with Crippen molar-refractivity contribution < 1.29 is 9.90 Å². The lowest BCUT2D eigenvalue weighted by Crippen LogP contribution is -2.03. The Labute approximate surface area is 61.5 Å². The molecule has 0 heterocycles. The van der Waals surface area contributed by atoms with E-state index >= 15 is 0 Å². The van der Waals surface area contributed by atoms with Gasteiger partial charge in [0.2, 0.25) is 4.84 Å². The summed E-state index contributed by atoms with van der Waals surface area (Å²) in [4.78, 5) is 8.15. The second-order valence-electron chi connectivity index (χ2n) is 0.639. The van der Waals surface area contributed by atoms with Crippen LogP contribution in [0, 0.1) is 0 Å². The van der Waals surface area contributed by atoms with Gasteiger partial charge < -0.3 is 5.11 Å². The first kappa shape index (κ1) is 10.5. The first-order valence-corrected chi connectivity index (χ1v) is 2.03. The van der Waals surface area contributed by atoms with Gasteiger partial charge in [-0.2, -0.15) is 0 Å². The average Bonchev–Trinajstić information content (AvgIpc) is 1.36. The maximum absolute atomic E-state index is 9.44. The molecule has 0 amide bonds. The van der Waals surface area contributed by atoms with Gasteiger partial charge in [0.25, 0.3) is 0 Å². The quantitative estimate of drug-likeness (QED) is 0.420. The van der Waals surface area contributed by atoms with Gasteiger partial charge >= 0.3 is 5.97 Å². The lowest BCUT2D eigenvalue weighted by Gasteiger charge is -1.84. The normalized spacial score (nSPS) is 7.86. The minimum atomic E-state index is -1.29. The zero-order valence-electron chi connectivity index (χ0n) is 2.69. The number of carboxylic acids is 1. The zero-order valence-corrected chi connectivity index (χ0v) is 4.20. The highest BCUT2D eigenvalue weighted by atomic mass is 35.5. The van der Waals surface area contributed by atoms with Gasteiger partial charge in [-0.3, -0.25) is 0 Å². The van der Waals surface area contributed by atoms with E-state index in [1.165, 1.54) is 0 Å². The molecule has 0 radical (unpaired) electrons. The third kappa shape index (κ3) is 6.58. The van der Waals surface area contributed by atoms with E-state index in [1.54, 1.807) is 0 Å². The fourth-order valence-corrected chi connectivity index (χ4v) is 0. The lowest BCUT2D eigenvalue weighted by molar-refractivity contribution is -0.135. The van der Waals surface area contributed by atoms with Crippen molar-refractivity contribution in [3.8, 4) is 0 Å². The van der Waals surface area contributed by atoms with Crippen LogP contribution in [0.3, 0.4) is 0 Å². The molecular formula is C2H5AlCl2O2. The van der Waals surface area contributed by atoms with Gasteiger partial charge in [0, 0.05) is 0 Å². The van der Waals surface area contributed by atoms with Crippen LogP contribution in [0.5, 0.6) is 0 Å². The van der Waals surface area contributed by atoms with Crippen LogP contribution in [-0.2, 0) is 4.79 Å². The van der Waals surface area contributed by atoms with E-state index in [-0.39, 0.29) is 17.4 Å². The van der Waals surface area contributed by atoms with Crippen LogP contribution in [-0.4, -0.2) is 33.3 Å². The topological polar surface area (TPSA) is 37.3 Å². The molecule has 0 saturated carbocycles. The third-order valence-corrected chi connectivity index (χ3v) is 0.560. The van der Waals surface area contributed by atoms with E-state index in [1.807, 2.05) is 0 Å². The molecule has 0 atom stereocenters. The number of hydrogen-bond acceptors (Lipinski definition) is 1. The smallest absolute Gasteiger partial charge is 0.337 e. The molecule has 0 bridgehead atoms. The number of hydrogen-bond donors (Lipinski definition) is 1. The molecule has 0 aliphatic heterocycles. The van der Waals surface area contributed by atoms with Crippen molar-refractivity contribution in [2.75, 3.05) is 0 Å². The molecule has 7 heavy (non-hydrogen) atoms. The molecule has 2 nitrogen and oxygen atoms in total. The average molecular weight is 159 g/mol. The van der Waals surface area contributed by atoms with Gasteiger partial charge in [0.15, 0.2) is 17.4 Å². The molecule has 0 aromatic heterocycles. The van der Waals surface area contributed by atoms with Gasteiger partial charge in [0.05, 0.1) is 0 Å². The van der Waals surface area contributed by atoms with Crippen LogP contribution < -0.4 is 0 Å². The molecule has 0 rings (SSSR count). The summed E-state index contributed by atoms with van der Waals surface area (Å²) in [5, 5.41) is 7.73. The van der Waals surface area contributed by atoms with Crippen molar-refractivity contribution in [1.29, 1.82) is 0 Å². The predicted molar refractivity (Wildman–Crippen MR) is 33.1 cm³/mol. The fraction of sp³-hybridized carbons (Fsp3) is 0.500. The third-order valence-electron chi connectivity index (χ3n) is 0.187. The van der Waals surface area contributed by atoms with E-state index in [2.05, 4.69) is 0 Å². The van der Waals surface area contributed by atoms with Gasteiger partial charge in [-0.15, -0.1) is 0 Å². The van der Waals surface area contributed by atoms with E-state index in [9.17, 15) is 4.79 Å². The summed E-state index contributed by atoms with van der Waals surface area (Å²) < 4.78 is 0. The van der Waals surface area contributed by atoms with Crippen LogP contribution in [0.2, 0.25) is 0 Å². The standard InChI is InChI=1S/C2H2Cl2O2.Al.3H/c3-1(4)2(5)6;;;;/h1H,(H,5,6);;;;. The summed E-state index contributed by atoms with van der Waals surface area (Å²) in [6, 6.07) is 0. The van der Waals surface area contributed by atoms with E-state index in [0.29, 0.717) is 0 Å². The Kier molecular flexibility index (Phi) is 7.13. The van der Waals surface area contributed by atoms with Crippen LogP contribution >= 0.6 is 23.2 Å². The summed E-state index contributed by atoms with van der Waals surface area (Å²) in [6.07, 6.45) is 0. The molecule has 1 N–H and O–H groups in total. The maximum atomic E-state index is 9.44. The second-order valence-corrected chi connectivity index (χ2v) is 1.74. The molecule has 5 heteroatoms. The predicted octanol–water partition coefficient (Wildman–Crippen LogP) is -0.309. The molecular weight excluding hydrogens is 154 g/mol. The van der Waals surface area contributed by atoms with Crippen molar-refractivity contribution in [1.82, 2.24) is 0 Å². The summed E-state index contributed by atoms with van der Waals surface area (Å²) in [5.41, 5.74) is 0. The highest BCUT2D eigenvalue weighted by Gasteiger charge is 2.05. The molecule has 0 aliphatic rings. The van der Waals surface area contributed by atoms with Crippen molar-refractivity contribution in [2.45, 2.75) is 4.84 Å². The number of halogens is 2. The van der Waals surface area contributed by atoms with E-state index < -0.39 is 10.8 Å². The molecule has 0 spiro atoms. The van der Waals surface area contributed by atoms with Gasteiger partial charge in [-0.1, -0.05) is 23.2 Å². The minimum absolute atomic E-state index is 0. The second kappa shape index (κ2) is 4.73. The first-order chi connectivity index (χ1) is 2.64. The fourth-order valence-electron chi connectivity index (χ4n) is 0. The largest absolute Gasteiger partial charge is 0.479 e. The Morgan fingerprint density at radius 3 is 1.71 bits per heavy atom. The molecule has 0 aromatic carbocycles. The van der Waals surface area contributed by atoms with Crippen LogP contribution in [0.4, 0.5) is 0 Å². The lowest BCUT2D eigenvalue weighted by atomic mass is 10.8. The summed E-state index contributed by atoms with van der Waals surface area (Å²) in [6.45, 7) is 0. The van der Waals surface area contributed by atoms with Crippen LogP contribution in [0.25, 0.3) is 0 Å². The SMILES string of the molecule is O=C(O)C(Cl)Cl.[AlH3]. The monoisotopic (exact) mass is 158 g/mol. The number of carbonyl (C=O) groups is 1. The summed E-state index contributed by atoms with van der Waals surface area (Å²) in [7, 11) is 0. The molecule has 42 valence electrons. The highest BCUT2D eigenvalue weighted by molar-refractivity contribution is 6.52. The molecule has 0 aromatic rings. The highest BCUT2D eigenvalue weighted by Crippen LogP contribution is 1.98. The number of carboxylic acid groups (broad SMARTS) is 1. The minimum Gasteiger partial charge on any atom is -0.479 e. The van der Waals surface area contributed by atoms with Crippen LogP contribution in [0.15, 0.2) is 0 Å². The van der Waals surface area contributed by atoms with Crippen molar-refractivity contribution in [3.63, 3.8) is 0 Å². The maximum Gasteiger partial charge on any atom is 0.337 e.